The minimum atomic E-state index is -0.730. The van der Waals surface area contributed by atoms with E-state index in [1.54, 1.807) is 44.2 Å². The molecule has 7 nitrogen and oxygen atoms in total. The summed E-state index contributed by atoms with van der Waals surface area (Å²) in [4.78, 5) is 42.8. The van der Waals surface area contributed by atoms with Crippen LogP contribution in [0.3, 0.4) is 0 Å². The fraction of sp³-hybridized carbons (Fsp3) is 0.200. The Kier molecular flexibility index (Phi) is 6.95. The first kappa shape index (κ1) is 23.8. The molecule has 1 atom stereocenters. The molecule has 0 saturated carbocycles. The van der Waals surface area contributed by atoms with Crippen LogP contribution < -0.4 is 19.6 Å². The Labute approximate surface area is 207 Å². The van der Waals surface area contributed by atoms with Gasteiger partial charge in [-0.15, -0.1) is 0 Å². The molecule has 1 aromatic heterocycles. The van der Waals surface area contributed by atoms with Gasteiger partial charge in [0.25, 0.3) is 5.56 Å². The second-order valence-electron chi connectivity index (χ2n) is 7.52. The molecule has 0 amide bonds. The maximum Gasteiger partial charge on any atom is 0.338 e. The molecule has 9 heteroatoms. The van der Waals surface area contributed by atoms with Crippen molar-refractivity contribution in [1.82, 2.24) is 4.57 Å². The lowest BCUT2D eigenvalue weighted by atomic mass is 9.96. The lowest BCUT2D eigenvalue weighted by Gasteiger charge is -2.24. The number of ether oxygens (including phenoxy) is 2. The van der Waals surface area contributed by atoms with E-state index in [4.69, 9.17) is 9.47 Å². The van der Waals surface area contributed by atoms with Crippen molar-refractivity contribution in [2.45, 2.75) is 26.8 Å². The van der Waals surface area contributed by atoms with Gasteiger partial charge in [-0.2, -0.15) is 0 Å². The van der Waals surface area contributed by atoms with Crippen molar-refractivity contribution < 1.29 is 19.1 Å². The Morgan fingerprint density at radius 1 is 1.21 bits per heavy atom. The number of rotatable bonds is 5. The van der Waals surface area contributed by atoms with Crippen LogP contribution in [0.4, 0.5) is 0 Å². The van der Waals surface area contributed by atoms with E-state index in [0.717, 1.165) is 10.0 Å². The van der Waals surface area contributed by atoms with Gasteiger partial charge < -0.3 is 9.47 Å². The number of nitrogens with zero attached hydrogens (tertiary/aromatic N) is 2. The smallest absolute Gasteiger partial charge is 0.338 e. The number of carbonyl (C=O) groups is 2. The maximum atomic E-state index is 13.6. The van der Waals surface area contributed by atoms with Crippen LogP contribution in [-0.2, 0) is 14.3 Å². The van der Waals surface area contributed by atoms with Crippen LogP contribution in [0, 0.1) is 0 Å². The van der Waals surface area contributed by atoms with Crippen LogP contribution in [0.5, 0.6) is 5.75 Å². The fourth-order valence-electron chi connectivity index (χ4n) is 3.74. The van der Waals surface area contributed by atoms with Crippen LogP contribution in [0.25, 0.3) is 6.08 Å². The third-order valence-electron chi connectivity index (χ3n) is 5.12. The molecule has 1 unspecified atom stereocenters. The summed E-state index contributed by atoms with van der Waals surface area (Å²) in [5.74, 6) is -0.591. The molecule has 4 rings (SSSR count). The standard InChI is InChI=1S/C25H21BrN2O5S/c1-4-32-24(31)21-14(2)27-25-28(22(21)17-8-10-19(11-9-17)33-15(3)29)23(30)20(34-25)13-16-6-5-7-18(26)12-16/h5-13,22H,4H2,1-3H3/b20-13+. The number of halogens is 1. The molecule has 0 spiro atoms. The zero-order chi connectivity index (χ0) is 24.4. The summed E-state index contributed by atoms with van der Waals surface area (Å²) in [5, 5.41) is 0. The lowest BCUT2D eigenvalue weighted by molar-refractivity contribution is -0.139. The van der Waals surface area contributed by atoms with Crippen LogP contribution >= 0.6 is 27.3 Å². The van der Waals surface area contributed by atoms with Gasteiger partial charge in [0.05, 0.1) is 28.5 Å². The Morgan fingerprint density at radius 2 is 1.94 bits per heavy atom. The minimum absolute atomic E-state index is 0.195. The first-order valence-electron chi connectivity index (χ1n) is 10.5. The van der Waals surface area contributed by atoms with Gasteiger partial charge in [-0.25, -0.2) is 9.79 Å². The van der Waals surface area contributed by atoms with Crippen LogP contribution in [0.15, 0.2) is 74.1 Å². The normalized spacial score (nSPS) is 15.5. The summed E-state index contributed by atoms with van der Waals surface area (Å²) in [6.45, 7) is 4.98. The average Bonchev–Trinajstić information content (AvgIpc) is 3.07. The van der Waals surface area contributed by atoms with Crippen LogP contribution in [0.2, 0.25) is 0 Å². The Bertz CT molecular complexity index is 1480. The molecular formula is C25H21BrN2O5S. The summed E-state index contributed by atoms with van der Waals surface area (Å²) < 4.78 is 13.3. The van der Waals surface area contributed by atoms with Gasteiger partial charge in [0.15, 0.2) is 4.80 Å². The largest absolute Gasteiger partial charge is 0.463 e. The van der Waals surface area contributed by atoms with Gasteiger partial charge in [0, 0.05) is 11.4 Å². The van der Waals surface area contributed by atoms with E-state index >= 15 is 0 Å². The number of hydrogen-bond acceptors (Lipinski definition) is 7. The first-order chi connectivity index (χ1) is 16.3. The first-order valence-corrected chi connectivity index (χ1v) is 12.1. The van der Waals surface area contributed by atoms with Gasteiger partial charge in [0.1, 0.15) is 5.75 Å². The van der Waals surface area contributed by atoms with E-state index < -0.39 is 18.0 Å². The van der Waals surface area contributed by atoms with Gasteiger partial charge in [0.2, 0.25) is 0 Å². The number of hydrogen-bond donors (Lipinski definition) is 0. The highest BCUT2D eigenvalue weighted by Crippen LogP contribution is 2.31. The Hall–Kier alpha value is -3.30. The summed E-state index contributed by atoms with van der Waals surface area (Å²) in [5.41, 5.74) is 2.06. The number of aromatic nitrogens is 1. The molecule has 2 heterocycles. The third kappa shape index (κ3) is 4.80. The summed E-state index contributed by atoms with van der Waals surface area (Å²) >= 11 is 4.71. The van der Waals surface area contributed by atoms with Crippen LogP contribution in [0.1, 0.15) is 37.9 Å². The molecule has 2 aromatic carbocycles. The van der Waals surface area contributed by atoms with E-state index in [1.807, 2.05) is 24.3 Å². The molecule has 0 bridgehead atoms. The molecule has 1 aliphatic heterocycles. The Morgan fingerprint density at radius 3 is 2.59 bits per heavy atom. The molecule has 0 radical (unpaired) electrons. The molecule has 0 aliphatic carbocycles. The van der Waals surface area contributed by atoms with E-state index in [2.05, 4.69) is 20.9 Å². The summed E-state index contributed by atoms with van der Waals surface area (Å²) in [6.07, 6.45) is 1.80. The lowest BCUT2D eigenvalue weighted by Crippen LogP contribution is -2.39. The highest BCUT2D eigenvalue weighted by Gasteiger charge is 2.33. The van der Waals surface area contributed by atoms with Crippen molar-refractivity contribution in [3.05, 3.63) is 95.1 Å². The minimum Gasteiger partial charge on any atom is -0.463 e. The maximum absolute atomic E-state index is 13.6. The predicted molar refractivity (Wildman–Crippen MR) is 132 cm³/mol. The van der Waals surface area contributed by atoms with Crippen molar-refractivity contribution in [3.63, 3.8) is 0 Å². The summed E-state index contributed by atoms with van der Waals surface area (Å²) in [6, 6.07) is 13.6. The quantitative estimate of drug-likeness (QED) is 0.365. The number of carbonyl (C=O) groups excluding carboxylic acids is 2. The van der Waals surface area contributed by atoms with Gasteiger partial charge >= 0.3 is 11.9 Å². The van der Waals surface area contributed by atoms with E-state index in [0.29, 0.717) is 31.9 Å². The monoisotopic (exact) mass is 540 g/mol. The third-order valence-corrected chi connectivity index (χ3v) is 6.60. The number of allylic oxidation sites excluding steroid dienone is 1. The molecule has 0 N–H and O–H groups in total. The number of esters is 2. The number of benzene rings is 2. The number of fused-ring (bicyclic) bond motifs is 1. The van der Waals surface area contributed by atoms with Crippen molar-refractivity contribution >= 4 is 45.3 Å². The highest BCUT2D eigenvalue weighted by molar-refractivity contribution is 9.10. The second kappa shape index (κ2) is 9.90. The zero-order valence-electron chi connectivity index (χ0n) is 18.7. The van der Waals surface area contributed by atoms with E-state index in [1.165, 1.54) is 22.8 Å². The highest BCUT2D eigenvalue weighted by atomic mass is 79.9. The molecule has 174 valence electrons. The summed E-state index contributed by atoms with van der Waals surface area (Å²) in [7, 11) is 0. The van der Waals surface area contributed by atoms with Gasteiger partial charge in [-0.3, -0.25) is 14.2 Å². The molecule has 3 aromatic rings. The fourth-order valence-corrected chi connectivity index (χ4v) is 5.20. The molecular weight excluding hydrogens is 520 g/mol. The zero-order valence-corrected chi connectivity index (χ0v) is 21.1. The molecule has 0 fully saturated rings. The van der Waals surface area contributed by atoms with Gasteiger partial charge in [-0.05, 0) is 55.3 Å². The van der Waals surface area contributed by atoms with Crippen molar-refractivity contribution in [1.29, 1.82) is 0 Å². The topological polar surface area (TPSA) is 87.0 Å². The second-order valence-corrected chi connectivity index (χ2v) is 9.44. The van der Waals surface area contributed by atoms with E-state index in [-0.39, 0.29) is 12.2 Å². The molecule has 0 saturated heterocycles. The molecule has 1 aliphatic rings. The SMILES string of the molecule is CCOC(=O)C1=C(C)N=c2s/c(=C/c3cccc(Br)c3)c(=O)n2C1c1ccc(OC(C)=O)cc1. The molecule has 34 heavy (non-hydrogen) atoms. The predicted octanol–water partition coefficient (Wildman–Crippen LogP) is 3.49. The van der Waals surface area contributed by atoms with Gasteiger partial charge in [-0.1, -0.05) is 51.5 Å². The number of thiazole rings is 1. The Balaban J connectivity index is 1.91. The van der Waals surface area contributed by atoms with Crippen molar-refractivity contribution in [2.75, 3.05) is 6.61 Å². The average molecular weight is 541 g/mol. The van der Waals surface area contributed by atoms with Crippen LogP contribution in [-0.4, -0.2) is 23.1 Å². The van der Waals surface area contributed by atoms with Crippen molar-refractivity contribution in [3.8, 4) is 5.75 Å². The van der Waals surface area contributed by atoms with E-state index in [9.17, 15) is 14.4 Å². The van der Waals surface area contributed by atoms with Crippen molar-refractivity contribution in [2.24, 2.45) is 4.99 Å².